The van der Waals surface area contributed by atoms with Crippen LogP contribution in [0.4, 0.5) is 5.69 Å². The summed E-state index contributed by atoms with van der Waals surface area (Å²) < 4.78 is 5.47. The van der Waals surface area contributed by atoms with Crippen LogP contribution in [0.25, 0.3) is 10.8 Å². The first-order valence-corrected chi connectivity index (χ1v) is 5.97. The van der Waals surface area contributed by atoms with E-state index in [9.17, 15) is 0 Å². The van der Waals surface area contributed by atoms with E-state index in [-0.39, 0.29) is 0 Å². The first kappa shape index (κ1) is 11.7. The lowest BCUT2D eigenvalue weighted by Gasteiger charge is -2.24. The number of hydrogen-bond donors (Lipinski definition) is 0. The number of nitrogens with zero attached hydrogens (tertiary/aromatic N) is 2. The number of rotatable bonds is 4. The molecule has 0 aliphatic rings. The van der Waals surface area contributed by atoms with E-state index in [1.165, 1.54) is 5.39 Å². The first-order chi connectivity index (χ1) is 8.31. The molecule has 90 valence electrons. The Morgan fingerprint density at radius 3 is 2.59 bits per heavy atom. The Labute approximate surface area is 102 Å². The van der Waals surface area contributed by atoms with Gasteiger partial charge < -0.3 is 9.64 Å². The zero-order chi connectivity index (χ0) is 12.3. The number of ether oxygens (including phenoxy) is 1. The smallest absolute Gasteiger partial charge is 0.142 e. The molecule has 0 bridgehead atoms. The molecule has 0 aliphatic heterocycles. The Hall–Kier alpha value is -1.77. The highest BCUT2D eigenvalue weighted by atomic mass is 16.5. The van der Waals surface area contributed by atoms with E-state index >= 15 is 0 Å². The number of aromatic nitrogens is 1. The van der Waals surface area contributed by atoms with Crippen molar-refractivity contribution in [3.8, 4) is 5.75 Å². The van der Waals surface area contributed by atoms with Crippen molar-refractivity contribution in [2.75, 3.05) is 25.1 Å². The van der Waals surface area contributed by atoms with Crippen LogP contribution in [0.2, 0.25) is 0 Å². The van der Waals surface area contributed by atoms with Crippen LogP contribution in [0.3, 0.4) is 0 Å². The molecule has 1 aromatic carbocycles. The molecule has 2 rings (SSSR count). The molecule has 3 heteroatoms. The topological polar surface area (TPSA) is 25.4 Å². The van der Waals surface area contributed by atoms with Gasteiger partial charge in [-0.05, 0) is 31.4 Å². The molecule has 0 saturated heterocycles. The molecular formula is C14H18N2O. The average molecular weight is 230 g/mol. The van der Waals surface area contributed by atoms with Gasteiger partial charge in [0, 0.05) is 30.9 Å². The summed E-state index contributed by atoms with van der Waals surface area (Å²) in [5, 5.41) is 2.35. The van der Waals surface area contributed by atoms with Crippen LogP contribution in [0, 0.1) is 0 Å². The van der Waals surface area contributed by atoms with Gasteiger partial charge in [-0.15, -0.1) is 0 Å². The minimum atomic E-state index is 0.911. The summed E-state index contributed by atoms with van der Waals surface area (Å²) in [7, 11) is 1.71. The third-order valence-electron chi connectivity index (χ3n) is 3.06. The lowest BCUT2D eigenvalue weighted by atomic mass is 10.1. The van der Waals surface area contributed by atoms with Gasteiger partial charge in [0.05, 0.1) is 12.8 Å². The highest BCUT2D eigenvalue weighted by Gasteiger charge is 2.13. The lowest BCUT2D eigenvalue weighted by molar-refractivity contribution is 0.415. The van der Waals surface area contributed by atoms with E-state index in [1.54, 1.807) is 7.11 Å². The molecule has 17 heavy (non-hydrogen) atoms. The molecule has 0 saturated carbocycles. The Balaban J connectivity index is 2.70. The van der Waals surface area contributed by atoms with E-state index < -0.39 is 0 Å². The van der Waals surface area contributed by atoms with E-state index in [4.69, 9.17) is 4.74 Å². The molecular weight excluding hydrogens is 212 g/mol. The van der Waals surface area contributed by atoms with Gasteiger partial charge in [-0.1, -0.05) is 6.07 Å². The third kappa shape index (κ3) is 2.05. The second-order valence-electron chi connectivity index (χ2n) is 3.89. The number of benzene rings is 1. The number of hydrogen-bond acceptors (Lipinski definition) is 3. The summed E-state index contributed by atoms with van der Waals surface area (Å²) >= 11 is 0. The van der Waals surface area contributed by atoms with Crippen LogP contribution in [0.15, 0.2) is 30.6 Å². The standard InChI is InChI=1S/C14H18N2O/c1-4-16(5-2)14-12-10-15-9-8-11(12)6-7-13(14)17-3/h6-10H,4-5H2,1-3H3. The van der Waals surface area contributed by atoms with Crippen molar-refractivity contribution in [3.05, 3.63) is 30.6 Å². The maximum atomic E-state index is 5.47. The third-order valence-corrected chi connectivity index (χ3v) is 3.06. The van der Waals surface area contributed by atoms with Crippen molar-refractivity contribution in [1.82, 2.24) is 4.98 Å². The fourth-order valence-electron chi connectivity index (χ4n) is 2.16. The van der Waals surface area contributed by atoms with Crippen LogP contribution in [0.1, 0.15) is 13.8 Å². The van der Waals surface area contributed by atoms with Gasteiger partial charge in [0.2, 0.25) is 0 Å². The predicted octanol–water partition coefficient (Wildman–Crippen LogP) is 3.09. The molecule has 0 amide bonds. The maximum absolute atomic E-state index is 5.47. The van der Waals surface area contributed by atoms with Gasteiger partial charge in [0.1, 0.15) is 5.75 Å². The van der Waals surface area contributed by atoms with Crippen molar-refractivity contribution in [2.45, 2.75) is 13.8 Å². The Bertz CT molecular complexity index is 507. The highest BCUT2D eigenvalue weighted by Crippen LogP contribution is 2.35. The Kier molecular flexibility index (Phi) is 3.47. The SMILES string of the molecule is CCN(CC)c1c(OC)ccc2ccncc12. The van der Waals surface area contributed by atoms with Crippen molar-refractivity contribution < 1.29 is 4.74 Å². The molecule has 0 spiro atoms. The molecule has 0 atom stereocenters. The van der Waals surface area contributed by atoms with Crippen molar-refractivity contribution in [1.29, 1.82) is 0 Å². The maximum Gasteiger partial charge on any atom is 0.142 e. The first-order valence-electron chi connectivity index (χ1n) is 5.97. The summed E-state index contributed by atoms with van der Waals surface area (Å²) in [5.74, 6) is 0.911. The number of anilines is 1. The zero-order valence-electron chi connectivity index (χ0n) is 10.6. The molecule has 0 aliphatic carbocycles. The van der Waals surface area contributed by atoms with E-state index in [0.717, 1.165) is 29.9 Å². The van der Waals surface area contributed by atoms with Gasteiger partial charge in [0.15, 0.2) is 0 Å². The Morgan fingerprint density at radius 1 is 1.18 bits per heavy atom. The summed E-state index contributed by atoms with van der Waals surface area (Å²) in [6, 6.07) is 6.13. The van der Waals surface area contributed by atoms with Crippen LogP contribution in [-0.2, 0) is 0 Å². The molecule has 2 aromatic rings. The highest BCUT2D eigenvalue weighted by molar-refractivity contribution is 5.96. The number of fused-ring (bicyclic) bond motifs is 1. The molecule has 1 heterocycles. The molecule has 1 aromatic heterocycles. The van der Waals surface area contributed by atoms with E-state index in [0.29, 0.717) is 0 Å². The monoisotopic (exact) mass is 230 g/mol. The van der Waals surface area contributed by atoms with E-state index in [1.807, 2.05) is 24.5 Å². The molecule has 3 nitrogen and oxygen atoms in total. The van der Waals surface area contributed by atoms with Crippen LogP contribution < -0.4 is 9.64 Å². The second kappa shape index (κ2) is 5.04. The van der Waals surface area contributed by atoms with Crippen LogP contribution >= 0.6 is 0 Å². The quantitative estimate of drug-likeness (QED) is 0.807. The van der Waals surface area contributed by atoms with Gasteiger partial charge >= 0.3 is 0 Å². The molecule has 0 radical (unpaired) electrons. The largest absolute Gasteiger partial charge is 0.495 e. The van der Waals surface area contributed by atoms with Gasteiger partial charge in [-0.3, -0.25) is 4.98 Å². The molecule has 0 N–H and O–H groups in total. The van der Waals surface area contributed by atoms with Crippen molar-refractivity contribution in [3.63, 3.8) is 0 Å². The molecule has 0 fully saturated rings. The summed E-state index contributed by atoms with van der Waals surface area (Å²) in [6.07, 6.45) is 3.73. The van der Waals surface area contributed by atoms with Gasteiger partial charge in [-0.2, -0.15) is 0 Å². The fourth-order valence-corrected chi connectivity index (χ4v) is 2.16. The van der Waals surface area contributed by atoms with E-state index in [2.05, 4.69) is 29.8 Å². The normalized spacial score (nSPS) is 10.5. The minimum Gasteiger partial charge on any atom is -0.495 e. The number of methoxy groups -OCH3 is 1. The lowest BCUT2D eigenvalue weighted by Crippen LogP contribution is -2.22. The fraction of sp³-hybridized carbons (Fsp3) is 0.357. The zero-order valence-corrected chi connectivity index (χ0v) is 10.6. The van der Waals surface area contributed by atoms with Crippen LogP contribution in [-0.4, -0.2) is 25.2 Å². The second-order valence-corrected chi connectivity index (χ2v) is 3.89. The molecule has 0 unspecified atom stereocenters. The van der Waals surface area contributed by atoms with Crippen LogP contribution in [0.5, 0.6) is 5.75 Å². The average Bonchev–Trinajstić information content (AvgIpc) is 2.40. The Morgan fingerprint density at radius 2 is 1.94 bits per heavy atom. The van der Waals surface area contributed by atoms with Crippen molar-refractivity contribution in [2.24, 2.45) is 0 Å². The van der Waals surface area contributed by atoms with Gasteiger partial charge in [0.25, 0.3) is 0 Å². The summed E-state index contributed by atoms with van der Waals surface area (Å²) in [5.41, 5.74) is 1.14. The van der Waals surface area contributed by atoms with Gasteiger partial charge in [-0.25, -0.2) is 0 Å². The summed E-state index contributed by atoms with van der Waals surface area (Å²) in [6.45, 7) is 6.22. The number of pyridine rings is 1. The predicted molar refractivity (Wildman–Crippen MR) is 71.9 cm³/mol. The van der Waals surface area contributed by atoms with Crippen molar-refractivity contribution >= 4 is 16.5 Å². The minimum absolute atomic E-state index is 0.911. The summed E-state index contributed by atoms with van der Waals surface area (Å²) in [4.78, 5) is 6.51.